The largest absolute Gasteiger partial charge is 0.471 e. The summed E-state index contributed by atoms with van der Waals surface area (Å²) in [4.78, 5) is 11.6. The molecule has 4 aromatic rings. The second-order valence-corrected chi connectivity index (χ2v) is 8.48. The van der Waals surface area contributed by atoms with E-state index in [4.69, 9.17) is 4.74 Å². The second kappa shape index (κ2) is 9.89. The standard InChI is InChI=1S/C27H19F4N5O2/c28-17-7-11-19(12-8-17)38-18-9-5-16(6-10-18)24-21(15-32)25-33-14-13-23(36(25)35-24)20-3-1-2-4-22(20)34-26(37)27(29,30)31/h1-12,23,33H,13-14H2,(H,34,37). The van der Waals surface area contributed by atoms with Crippen molar-refractivity contribution in [2.75, 3.05) is 17.2 Å². The van der Waals surface area contributed by atoms with E-state index >= 15 is 0 Å². The summed E-state index contributed by atoms with van der Waals surface area (Å²) in [5.41, 5.74) is 1.74. The minimum Gasteiger partial charge on any atom is -0.457 e. The first-order chi connectivity index (χ1) is 18.2. The number of aromatic nitrogens is 2. The molecule has 1 aliphatic rings. The summed E-state index contributed by atoms with van der Waals surface area (Å²) in [5.74, 6) is -1.06. The molecule has 1 amide bonds. The van der Waals surface area contributed by atoms with Gasteiger partial charge in [0.1, 0.15) is 40.5 Å². The third kappa shape index (κ3) is 4.88. The Morgan fingerprint density at radius 1 is 1.05 bits per heavy atom. The lowest BCUT2D eigenvalue weighted by Gasteiger charge is -2.27. The van der Waals surface area contributed by atoms with E-state index in [1.807, 2.05) is 5.32 Å². The van der Waals surface area contributed by atoms with E-state index in [2.05, 4.69) is 16.5 Å². The van der Waals surface area contributed by atoms with Crippen molar-refractivity contribution in [3.63, 3.8) is 0 Å². The molecule has 1 aliphatic heterocycles. The fourth-order valence-electron chi connectivity index (χ4n) is 4.29. The number of hydrogen-bond donors (Lipinski definition) is 2. The Balaban J connectivity index is 1.47. The zero-order valence-corrected chi connectivity index (χ0v) is 19.6. The van der Waals surface area contributed by atoms with Gasteiger partial charge in [0.2, 0.25) is 0 Å². The first kappa shape index (κ1) is 24.8. The van der Waals surface area contributed by atoms with Crippen molar-refractivity contribution >= 4 is 17.4 Å². The maximum Gasteiger partial charge on any atom is 0.471 e. The van der Waals surface area contributed by atoms with E-state index in [1.54, 1.807) is 41.1 Å². The number of nitriles is 1. The van der Waals surface area contributed by atoms with Crippen LogP contribution in [-0.4, -0.2) is 28.4 Å². The van der Waals surface area contributed by atoms with Crippen LogP contribution in [0.25, 0.3) is 11.3 Å². The Bertz CT molecular complexity index is 1520. The monoisotopic (exact) mass is 521 g/mol. The molecule has 0 bridgehead atoms. The number of nitrogens with zero attached hydrogens (tertiary/aromatic N) is 3. The summed E-state index contributed by atoms with van der Waals surface area (Å²) in [5, 5.41) is 19.7. The number of carbonyl (C=O) groups is 1. The van der Waals surface area contributed by atoms with Crippen molar-refractivity contribution in [2.45, 2.75) is 18.6 Å². The molecule has 192 valence electrons. The SMILES string of the molecule is N#Cc1c(-c2ccc(Oc3ccc(F)cc3)cc2)nn2c1NCCC2c1ccccc1NC(=O)C(F)(F)F. The van der Waals surface area contributed by atoms with Gasteiger partial charge < -0.3 is 15.4 Å². The van der Waals surface area contributed by atoms with E-state index in [0.29, 0.717) is 47.1 Å². The molecule has 0 fully saturated rings. The van der Waals surface area contributed by atoms with Gasteiger partial charge in [-0.3, -0.25) is 4.79 Å². The molecule has 1 aromatic heterocycles. The number of fused-ring (bicyclic) bond motifs is 1. The highest BCUT2D eigenvalue weighted by atomic mass is 19.4. The van der Waals surface area contributed by atoms with Gasteiger partial charge in [-0.05, 0) is 61.0 Å². The third-order valence-electron chi connectivity index (χ3n) is 6.03. The van der Waals surface area contributed by atoms with Gasteiger partial charge >= 0.3 is 12.1 Å². The van der Waals surface area contributed by atoms with Crippen molar-refractivity contribution in [2.24, 2.45) is 0 Å². The molecule has 11 heteroatoms. The zero-order valence-electron chi connectivity index (χ0n) is 19.6. The molecule has 1 atom stereocenters. The van der Waals surface area contributed by atoms with Crippen LogP contribution in [0.1, 0.15) is 23.6 Å². The van der Waals surface area contributed by atoms with Crippen molar-refractivity contribution in [1.82, 2.24) is 9.78 Å². The number of halogens is 4. The fraction of sp³-hybridized carbons (Fsp3) is 0.148. The van der Waals surface area contributed by atoms with E-state index in [9.17, 15) is 27.6 Å². The summed E-state index contributed by atoms with van der Waals surface area (Å²) < 4.78 is 59.1. The number of rotatable bonds is 5. The predicted octanol–water partition coefficient (Wildman–Crippen LogP) is 6.26. The van der Waals surface area contributed by atoms with Crippen LogP contribution in [0.3, 0.4) is 0 Å². The second-order valence-electron chi connectivity index (χ2n) is 8.48. The molecule has 0 saturated carbocycles. The lowest BCUT2D eigenvalue weighted by atomic mass is 10.00. The average molecular weight is 521 g/mol. The predicted molar refractivity (Wildman–Crippen MR) is 131 cm³/mol. The minimum absolute atomic E-state index is 0.0190. The molecule has 1 unspecified atom stereocenters. The van der Waals surface area contributed by atoms with Crippen LogP contribution >= 0.6 is 0 Å². The maximum atomic E-state index is 13.1. The molecule has 7 nitrogen and oxygen atoms in total. The Labute approximate surface area is 214 Å². The van der Waals surface area contributed by atoms with Crippen molar-refractivity contribution in [3.8, 4) is 28.8 Å². The van der Waals surface area contributed by atoms with Crippen LogP contribution in [0.5, 0.6) is 11.5 Å². The van der Waals surface area contributed by atoms with E-state index in [1.165, 1.54) is 36.4 Å². The number of nitrogens with one attached hydrogen (secondary N) is 2. The number of anilines is 2. The molecule has 0 spiro atoms. The number of benzene rings is 3. The molecule has 2 N–H and O–H groups in total. The summed E-state index contributed by atoms with van der Waals surface area (Å²) >= 11 is 0. The first-order valence-corrected chi connectivity index (χ1v) is 11.5. The smallest absolute Gasteiger partial charge is 0.457 e. The summed E-state index contributed by atoms with van der Waals surface area (Å²) in [7, 11) is 0. The summed E-state index contributed by atoms with van der Waals surface area (Å²) in [6.07, 6.45) is -4.58. The Morgan fingerprint density at radius 3 is 2.37 bits per heavy atom. The highest BCUT2D eigenvalue weighted by Crippen LogP contribution is 2.39. The maximum absolute atomic E-state index is 13.1. The van der Waals surface area contributed by atoms with Gasteiger partial charge in [0, 0.05) is 23.4 Å². The van der Waals surface area contributed by atoms with Gasteiger partial charge in [0.05, 0.1) is 6.04 Å². The Morgan fingerprint density at radius 2 is 1.71 bits per heavy atom. The molecule has 3 aromatic carbocycles. The Hall–Kier alpha value is -4.85. The zero-order chi connectivity index (χ0) is 26.9. The van der Waals surface area contributed by atoms with E-state index in [-0.39, 0.29) is 17.1 Å². The molecule has 2 heterocycles. The number of alkyl halides is 3. The highest BCUT2D eigenvalue weighted by molar-refractivity contribution is 5.95. The lowest BCUT2D eigenvalue weighted by molar-refractivity contribution is -0.167. The van der Waals surface area contributed by atoms with E-state index < -0.39 is 18.1 Å². The molecule has 0 saturated heterocycles. The molecule has 5 rings (SSSR count). The average Bonchev–Trinajstić information content (AvgIpc) is 3.29. The van der Waals surface area contributed by atoms with Gasteiger partial charge in [-0.2, -0.15) is 23.5 Å². The fourth-order valence-corrected chi connectivity index (χ4v) is 4.29. The number of amides is 1. The van der Waals surface area contributed by atoms with Crippen LogP contribution in [-0.2, 0) is 4.79 Å². The number of hydrogen-bond acceptors (Lipinski definition) is 5. The van der Waals surface area contributed by atoms with Gasteiger partial charge in [-0.1, -0.05) is 18.2 Å². The normalized spacial score (nSPS) is 14.7. The van der Waals surface area contributed by atoms with Crippen molar-refractivity contribution < 1.29 is 27.1 Å². The first-order valence-electron chi connectivity index (χ1n) is 11.5. The quantitative estimate of drug-likeness (QED) is 0.303. The molecule has 0 aliphatic carbocycles. The van der Waals surface area contributed by atoms with E-state index in [0.717, 1.165) is 0 Å². The van der Waals surface area contributed by atoms with Gasteiger partial charge in [-0.15, -0.1) is 0 Å². The van der Waals surface area contributed by atoms with Crippen LogP contribution < -0.4 is 15.4 Å². The van der Waals surface area contributed by atoms with Gasteiger partial charge in [0.15, 0.2) is 0 Å². The third-order valence-corrected chi connectivity index (χ3v) is 6.03. The Kier molecular flexibility index (Phi) is 6.46. The van der Waals surface area contributed by atoms with Crippen LogP contribution in [0.2, 0.25) is 0 Å². The molecule has 38 heavy (non-hydrogen) atoms. The molecular formula is C27H19F4N5O2. The van der Waals surface area contributed by atoms with Crippen molar-refractivity contribution in [1.29, 1.82) is 5.26 Å². The molecule has 0 radical (unpaired) electrons. The minimum atomic E-state index is -5.04. The van der Waals surface area contributed by atoms with Crippen molar-refractivity contribution in [3.05, 3.63) is 89.7 Å². The highest BCUT2D eigenvalue weighted by Gasteiger charge is 2.39. The van der Waals surface area contributed by atoms with Crippen LogP contribution in [0, 0.1) is 17.1 Å². The van der Waals surface area contributed by atoms with Crippen LogP contribution in [0.15, 0.2) is 72.8 Å². The topological polar surface area (TPSA) is 92.0 Å². The number of para-hydroxylation sites is 1. The van der Waals surface area contributed by atoms with Gasteiger partial charge in [0.25, 0.3) is 0 Å². The van der Waals surface area contributed by atoms with Crippen LogP contribution in [0.4, 0.5) is 29.1 Å². The summed E-state index contributed by atoms with van der Waals surface area (Å²) in [6.45, 7) is 0.441. The lowest BCUT2D eigenvalue weighted by Crippen LogP contribution is -2.31. The number of carbonyl (C=O) groups excluding carboxylic acids is 1. The summed E-state index contributed by atoms with van der Waals surface area (Å²) in [6, 6.07) is 20.2. The van der Waals surface area contributed by atoms with Gasteiger partial charge in [-0.25, -0.2) is 9.07 Å². The molecular weight excluding hydrogens is 502 g/mol. The number of ether oxygens (including phenoxy) is 1.